The zero-order chi connectivity index (χ0) is 16.4. The molecule has 3 rings (SSSR count). The van der Waals surface area contributed by atoms with Crippen molar-refractivity contribution in [1.29, 1.82) is 0 Å². The summed E-state index contributed by atoms with van der Waals surface area (Å²) in [6.07, 6.45) is 6.19. The van der Waals surface area contributed by atoms with E-state index in [0.29, 0.717) is 12.8 Å². The van der Waals surface area contributed by atoms with Gasteiger partial charge in [0.15, 0.2) is 0 Å². The summed E-state index contributed by atoms with van der Waals surface area (Å²) >= 11 is 0. The predicted octanol–water partition coefficient (Wildman–Crippen LogP) is 3.48. The molecule has 2 aliphatic rings. The summed E-state index contributed by atoms with van der Waals surface area (Å²) in [4.78, 5) is 28.1. The normalized spacial score (nSPS) is 19.4. The van der Waals surface area contributed by atoms with Crippen LogP contribution in [-0.2, 0) is 20.8 Å². The van der Waals surface area contributed by atoms with Crippen LogP contribution in [0.3, 0.4) is 0 Å². The number of oxime groups is 1. The highest BCUT2D eigenvalue weighted by molar-refractivity contribution is 6.45. The fourth-order valence-corrected chi connectivity index (χ4v) is 3.17. The summed E-state index contributed by atoms with van der Waals surface area (Å²) in [5.41, 5.74) is 4.98. The summed E-state index contributed by atoms with van der Waals surface area (Å²) in [5, 5.41) is 3.70. The summed E-state index contributed by atoms with van der Waals surface area (Å²) in [6, 6.07) is 8.35. The van der Waals surface area contributed by atoms with Crippen LogP contribution >= 0.6 is 0 Å². The molecule has 23 heavy (non-hydrogen) atoms. The number of carbonyl (C=O) groups excluding carboxylic acids is 2. The maximum Gasteiger partial charge on any atom is 0.331 e. The van der Waals surface area contributed by atoms with Crippen molar-refractivity contribution < 1.29 is 14.4 Å². The van der Waals surface area contributed by atoms with E-state index in [-0.39, 0.29) is 17.4 Å². The van der Waals surface area contributed by atoms with Crippen LogP contribution in [0.15, 0.2) is 52.7 Å². The summed E-state index contributed by atoms with van der Waals surface area (Å²) in [5.74, 6) is -0.465. The number of carbonyl (C=O) groups is 2. The molecule has 4 heteroatoms. The van der Waals surface area contributed by atoms with E-state index in [4.69, 9.17) is 0 Å². The molecule has 0 heterocycles. The van der Waals surface area contributed by atoms with Crippen LogP contribution in [0.5, 0.6) is 0 Å². The third-order valence-electron chi connectivity index (χ3n) is 4.31. The Kier molecular flexibility index (Phi) is 4.24. The van der Waals surface area contributed by atoms with Gasteiger partial charge in [-0.05, 0) is 30.4 Å². The highest BCUT2D eigenvalue weighted by atomic mass is 16.7. The Bertz CT molecular complexity index is 756. The quantitative estimate of drug-likeness (QED) is 0.370. The SMILES string of the molecule is CCC(=NOC(C)=O)C(=O)C1=CC2C(=CC1)Cc1ccccc12. The van der Waals surface area contributed by atoms with E-state index in [9.17, 15) is 9.59 Å². The molecule has 1 aromatic carbocycles. The van der Waals surface area contributed by atoms with E-state index >= 15 is 0 Å². The minimum Gasteiger partial charge on any atom is -0.318 e. The van der Waals surface area contributed by atoms with Crippen molar-refractivity contribution in [3.05, 3.63) is 58.7 Å². The number of Topliss-reactive ketones (excluding diaryl/α,β-unsaturated/α-hetero) is 1. The Morgan fingerprint density at radius 1 is 1.30 bits per heavy atom. The number of hydrogen-bond donors (Lipinski definition) is 0. The Labute approximate surface area is 135 Å². The van der Waals surface area contributed by atoms with E-state index in [0.717, 1.165) is 12.0 Å². The van der Waals surface area contributed by atoms with Gasteiger partial charge in [0.1, 0.15) is 5.71 Å². The van der Waals surface area contributed by atoms with Gasteiger partial charge < -0.3 is 4.84 Å². The monoisotopic (exact) mass is 309 g/mol. The largest absolute Gasteiger partial charge is 0.331 e. The molecule has 0 aromatic heterocycles. The van der Waals surface area contributed by atoms with Crippen LogP contribution in [0.25, 0.3) is 0 Å². The van der Waals surface area contributed by atoms with Crippen molar-refractivity contribution in [3.63, 3.8) is 0 Å². The number of rotatable bonds is 4. The molecule has 0 aliphatic heterocycles. The molecule has 1 unspecified atom stereocenters. The highest BCUT2D eigenvalue weighted by Crippen LogP contribution is 2.42. The minimum absolute atomic E-state index is 0.131. The molecule has 0 saturated carbocycles. The summed E-state index contributed by atoms with van der Waals surface area (Å²) < 4.78 is 0. The van der Waals surface area contributed by atoms with Crippen LogP contribution in [0.1, 0.15) is 43.7 Å². The summed E-state index contributed by atoms with van der Waals surface area (Å²) in [6.45, 7) is 3.10. The van der Waals surface area contributed by atoms with Crippen molar-refractivity contribution in [2.24, 2.45) is 5.16 Å². The lowest BCUT2D eigenvalue weighted by molar-refractivity contribution is -0.140. The van der Waals surface area contributed by atoms with Gasteiger partial charge >= 0.3 is 5.97 Å². The Morgan fingerprint density at radius 3 is 2.83 bits per heavy atom. The van der Waals surface area contributed by atoms with Gasteiger partial charge in [-0.3, -0.25) is 4.79 Å². The second-order valence-electron chi connectivity index (χ2n) is 5.83. The van der Waals surface area contributed by atoms with Crippen molar-refractivity contribution in [2.75, 3.05) is 0 Å². The lowest BCUT2D eigenvalue weighted by Gasteiger charge is -2.17. The van der Waals surface area contributed by atoms with E-state index < -0.39 is 5.97 Å². The first-order chi connectivity index (χ1) is 11.1. The number of allylic oxidation sites excluding steroid dienone is 4. The van der Waals surface area contributed by atoms with Gasteiger partial charge in [0, 0.05) is 18.4 Å². The van der Waals surface area contributed by atoms with Crippen LogP contribution in [-0.4, -0.2) is 17.5 Å². The topological polar surface area (TPSA) is 55.7 Å². The number of fused-ring (bicyclic) bond motifs is 3. The molecule has 0 spiro atoms. The van der Waals surface area contributed by atoms with Crippen molar-refractivity contribution >= 4 is 17.5 Å². The van der Waals surface area contributed by atoms with E-state index in [1.54, 1.807) is 0 Å². The molecular formula is C19H19NO3. The average molecular weight is 309 g/mol. The van der Waals surface area contributed by atoms with Crippen molar-refractivity contribution in [2.45, 2.75) is 39.0 Å². The Hall–Kier alpha value is -2.49. The van der Waals surface area contributed by atoms with Gasteiger partial charge in [0.05, 0.1) is 0 Å². The molecule has 0 N–H and O–H groups in total. The Balaban J connectivity index is 1.86. The number of hydrogen-bond acceptors (Lipinski definition) is 4. The number of ketones is 1. The molecular weight excluding hydrogens is 290 g/mol. The molecule has 0 bridgehead atoms. The smallest absolute Gasteiger partial charge is 0.318 e. The van der Waals surface area contributed by atoms with Crippen molar-refractivity contribution in [1.82, 2.24) is 0 Å². The molecule has 0 radical (unpaired) electrons. The fourth-order valence-electron chi connectivity index (χ4n) is 3.17. The number of nitrogens with zero attached hydrogens (tertiary/aromatic N) is 1. The second-order valence-corrected chi connectivity index (χ2v) is 5.83. The van der Waals surface area contributed by atoms with E-state index in [1.165, 1.54) is 23.6 Å². The maximum atomic E-state index is 12.6. The molecule has 1 atom stereocenters. The van der Waals surface area contributed by atoms with Gasteiger partial charge in [0.25, 0.3) is 0 Å². The van der Waals surface area contributed by atoms with Gasteiger partial charge in [-0.15, -0.1) is 0 Å². The van der Waals surface area contributed by atoms with Crippen LogP contribution < -0.4 is 0 Å². The lowest BCUT2D eigenvalue weighted by atomic mass is 9.86. The van der Waals surface area contributed by atoms with Gasteiger partial charge in [-0.1, -0.05) is 54.1 Å². The standard InChI is InChI=1S/C19H19NO3/c1-3-18(20-23-12(2)21)19(22)15-9-8-14-10-13-6-4-5-7-16(13)17(14)11-15/h4-8,11,17H,3,9-10H2,1-2H3. The molecule has 4 nitrogen and oxygen atoms in total. The first-order valence-corrected chi connectivity index (χ1v) is 7.86. The fraction of sp³-hybridized carbons (Fsp3) is 0.316. The average Bonchev–Trinajstić information content (AvgIpc) is 2.92. The predicted molar refractivity (Wildman–Crippen MR) is 88.2 cm³/mol. The lowest BCUT2D eigenvalue weighted by Crippen LogP contribution is -2.18. The minimum atomic E-state index is -0.520. The second kappa shape index (κ2) is 6.32. The maximum absolute atomic E-state index is 12.6. The number of benzene rings is 1. The Morgan fingerprint density at radius 2 is 2.09 bits per heavy atom. The summed E-state index contributed by atoms with van der Waals surface area (Å²) in [7, 11) is 0. The van der Waals surface area contributed by atoms with Gasteiger partial charge in [-0.2, -0.15) is 0 Å². The molecule has 0 saturated heterocycles. The van der Waals surface area contributed by atoms with Crippen LogP contribution in [0, 0.1) is 0 Å². The van der Waals surface area contributed by atoms with Crippen LogP contribution in [0.4, 0.5) is 0 Å². The molecule has 0 fully saturated rings. The molecule has 0 amide bonds. The first kappa shape index (κ1) is 15.4. The van der Waals surface area contributed by atoms with Gasteiger partial charge in [0.2, 0.25) is 5.78 Å². The molecule has 2 aliphatic carbocycles. The third-order valence-corrected chi connectivity index (χ3v) is 4.31. The molecule has 118 valence electrons. The highest BCUT2D eigenvalue weighted by Gasteiger charge is 2.29. The van der Waals surface area contributed by atoms with Crippen LogP contribution in [0.2, 0.25) is 0 Å². The zero-order valence-electron chi connectivity index (χ0n) is 13.3. The van der Waals surface area contributed by atoms with E-state index in [2.05, 4.69) is 28.2 Å². The van der Waals surface area contributed by atoms with E-state index in [1.807, 2.05) is 25.1 Å². The van der Waals surface area contributed by atoms with Crippen molar-refractivity contribution in [3.8, 4) is 0 Å². The zero-order valence-corrected chi connectivity index (χ0v) is 13.3. The first-order valence-electron chi connectivity index (χ1n) is 7.86. The van der Waals surface area contributed by atoms with Gasteiger partial charge in [-0.25, -0.2) is 4.79 Å². The molecule has 1 aromatic rings. The third kappa shape index (κ3) is 3.02.